The predicted molar refractivity (Wildman–Crippen MR) is 84.5 cm³/mol. The van der Waals surface area contributed by atoms with Crippen molar-refractivity contribution in [3.05, 3.63) is 54.5 Å². The second kappa shape index (κ2) is 6.78. The molecule has 2 N–H and O–H groups in total. The molecule has 7 heteroatoms. The van der Waals surface area contributed by atoms with Crippen LogP contribution in [0.2, 0.25) is 0 Å². The number of amides is 1. The van der Waals surface area contributed by atoms with E-state index in [1.807, 2.05) is 18.2 Å². The Bertz CT molecular complexity index is 733. The maximum atomic E-state index is 12.2. The molecule has 23 heavy (non-hydrogen) atoms. The lowest BCUT2D eigenvalue weighted by Gasteiger charge is -2.07. The number of anilines is 1. The van der Waals surface area contributed by atoms with E-state index in [-0.39, 0.29) is 12.7 Å². The third-order valence-electron chi connectivity index (χ3n) is 3.22. The fourth-order valence-electron chi connectivity index (χ4n) is 2.08. The van der Waals surface area contributed by atoms with Crippen molar-refractivity contribution in [2.24, 2.45) is 0 Å². The number of ether oxygens (including phenoxy) is 2. The smallest absolute Gasteiger partial charge is 0.270 e. The van der Waals surface area contributed by atoms with Crippen molar-refractivity contribution < 1.29 is 14.3 Å². The van der Waals surface area contributed by atoms with Crippen LogP contribution in [-0.4, -0.2) is 29.2 Å². The van der Waals surface area contributed by atoms with Gasteiger partial charge in [0.1, 0.15) is 17.8 Å². The molecular weight excluding hydrogens is 296 g/mol. The number of fused-ring (bicyclic) bond motifs is 1. The Morgan fingerprint density at radius 2 is 2.13 bits per heavy atom. The van der Waals surface area contributed by atoms with Crippen LogP contribution in [0.4, 0.5) is 5.82 Å². The molecule has 2 aromatic rings. The van der Waals surface area contributed by atoms with Crippen molar-refractivity contribution in [1.82, 2.24) is 15.3 Å². The van der Waals surface area contributed by atoms with E-state index >= 15 is 0 Å². The molecule has 0 bridgehead atoms. The van der Waals surface area contributed by atoms with Gasteiger partial charge >= 0.3 is 0 Å². The van der Waals surface area contributed by atoms with E-state index in [9.17, 15) is 4.79 Å². The predicted octanol–water partition coefficient (Wildman–Crippen LogP) is 1.73. The quantitative estimate of drug-likeness (QED) is 0.790. The molecule has 0 aliphatic carbocycles. The number of carbonyl (C=O) groups is 1. The monoisotopic (exact) mass is 312 g/mol. The standard InChI is InChI=1S/C16H16N4O3/c1-2-5-17-15-7-12(19-9-20-15)16(21)18-8-11-3-4-13-14(6-11)23-10-22-13/h2-4,6-7,9H,1,5,8,10H2,(H,18,21)(H,17,19,20). The first-order valence-corrected chi connectivity index (χ1v) is 7.10. The van der Waals surface area contributed by atoms with E-state index < -0.39 is 0 Å². The Labute approximate surface area is 133 Å². The summed E-state index contributed by atoms with van der Waals surface area (Å²) >= 11 is 0. The number of hydrogen-bond acceptors (Lipinski definition) is 6. The number of nitrogens with zero attached hydrogens (tertiary/aromatic N) is 2. The third-order valence-corrected chi connectivity index (χ3v) is 3.22. The maximum Gasteiger partial charge on any atom is 0.270 e. The fraction of sp³-hybridized carbons (Fsp3) is 0.188. The molecule has 1 aromatic carbocycles. The normalized spacial score (nSPS) is 11.8. The summed E-state index contributed by atoms with van der Waals surface area (Å²) in [4.78, 5) is 20.2. The summed E-state index contributed by atoms with van der Waals surface area (Å²) in [6.45, 7) is 4.78. The molecule has 7 nitrogen and oxygen atoms in total. The average Bonchev–Trinajstić information content (AvgIpc) is 3.05. The minimum Gasteiger partial charge on any atom is -0.454 e. The molecule has 0 spiro atoms. The Morgan fingerprint density at radius 1 is 1.26 bits per heavy atom. The van der Waals surface area contributed by atoms with Crippen LogP contribution < -0.4 is 20.1 Å². The van der Waals surface area contributed by atoms with E-state index in [1.165, 1.54) is 6.33 Å². The van der Waals surface area contributed by atoms with E-state index in [0.717, 1.165) is 5.56 Å². The highest BCUT2D eigenvalue weighted by molar-refractivity contribution is 5.92. The second-order valence-electron chi connectivity index (χ2n) is 4.83. The zero-order chi connectivity index (χ0) is 16.1. The van der Waals surface area contributed by atoms with Crippen LogP contribution >= 0.6 is 0 Å². The lowest BCUT2D eigenvalue weighted by atomic mass is 10.2. The van der Waals surface area contributed by atoms with Gasteiger partial charge in [-0.1, -0.05) is 12.1 Å². The molecular formula is C16H16N4O3. The van der Waals surface area contributed by atoms with Gasteiger partial charge in [-0.25, -0.2) is 9.97 Å². The summed E-state index contributed by atoms with van der Waals surface area (Å²) in [6.07, 6.45) is 3.06. The zero-order valence-electron chi connectivity index (χ0n) is 12.4. The third kappa shape index (κ3) is 3.57. The molecule has 1 aliphatic rings. The van der Waals surface area contributed by atoms with Crippen molar-refractivity contribution >= 4 is 11.7 Å². The van der Waals surface area contributed by atoms with Crippen molar-refractivity contribution in [3.8, 4) is 11.5 Å². The topological polar surface area (TPSA) is 85.4 Å². The summed E-state index contributed by atoms with van der Waals surface area (Å²) in [7, 11) is 0. The Hall–Kier alpha value is -3.09. The molecule has 118 valence electrons. The van der Waals surface area contributed by atoms with Crippen LogP contribution in [0.25, 0.3) is 0 Å². The summed E-state index contributed by atoms with van der Waals surface area (Å²) in [6, 6.07) is 7.15. The molecule has 2 heterocycles. The largest absolute Gasteiger partial charge is 0.454 e. The lowest BCUT2D eigenvalue weighted by molar-refractivity contribution is 0.0945. The molecule has 0 saturated heterocycles. The Balaban J connectivity index is 1.62. The highest BCUT2D eigenvalue weighted by atomic mass is 16.7. The Morgan fingerprint density at radius 3 is 3.00 bits per heavy atom. The van der Waals surface area contributed by atoms with Crippen LogP contribution in [0.5, 0.6) is 11.5 Å². The van der Waals surface area contributed by atoms with Gasteiger partial charge in [0.25, 0.3) is 5.91 Å². The van der Waals surface area contributed by atoms with E-state index in [4.69, 9.17) is 9.47 Å². The van der Waals surface area contributed by atoms with Gasteiger partial charge in [-0.15, -0.1) is 6.58 Å². The molecule has 0 fully saturated rings. The first-order valence-electron chi connectivity index (χ1n) is 7.10. The Kier molecular flexibility index (Phi) is 4.37. The molecule has 0 atom stereocenters. The van der Waals surface area contributed by atoms with Gasteiger partial charge in [0, 0.05) is 19.2 Å². The number of nitrogens with one attached hydrogen (secondary N) is 2. The van der Waals surface area contributed by atoms with E-state index in [0.29, 0.717) is 36.1 Å². The SMILES string of the molecule is C=CCNc1cc(C(=O)NCc2ccc3c(c2)OCO3)ncn1. The fourth-order valence-corrected chi connectivity index (χ4v) is 2.08. The molecule has 1 aliphatic heterocycles. The first-order chi connectivity index (χ1) is 11.3. The minimum atomic E-state index is -0.272. The van der Waals surface area contributed by atoms with Gasteiger partial charge in [-0.05, 0) is 17.7 Å². The van der Waals surface area contributed by atoms with Gasteiger partial charge in [-0.3, -0.25) is 4.79 Å². The van der Waals surface area contributed by atoms with Crippen LogP contribution in [-0.2, 0) is 6.54 Å². The maximum absolute atomic E-state index is 12.2. The summed E-state index contributed by atoms with van der Waals surface area (Å²) in [5.74, 6) is 1.71. The van der Waals surface area contributed by atoms with Crippen molar-refractivity contribution in [1.29, 1.82) is 0 Å². The van der Waals surface area contributed by atoms with Crippen molar-refractivity contribution in [2.75, 3.05) is 18.7 Å². The number of hydrogen-bond donors (Lipinski definition) is 2. The van der Waals surface area contributed by atoms with Gasteiger partial charge in [-0.2, -0.15) is 0 Å². The summed E-state index contributed by atoms with van der Waals surface area (Å²) in [5, 5.41) is 5.83. The highest BCUT2D eigenvalue weighted by Crippen LogP contribution is 2.32. The molecule has 1 amide bonds. The number of rotatable bonds is 6. The van der Waals surface area contributed by atoms with E-state index in [2.05, 4.69) is 27.2 Å². The molecule has 0 radical (unpaired) electrons. The van der Waals surface area contributed by atoms with Crippen LogP contribution in [0.15, 0.2) is 43.2 Å². The molecule has 1 aromatic heterocycles. The van der Waals surface area contributed by atoms with Crippen molar-refractivity contribution in [2.45, 2.75) is 6.54 Å². The van der Waals surface area contributed by atoms with Gasteiger partial charge in [0.05, 0.1) is 0 Å². The summed E-state index contributed by atoms with van der Waals surface area (Å²) in [5.41, 5.74) is 1.22. The van der Waals surface area contributed by atoms with Gasteiger partial charge in [0.15, 0.2) is 11.5 Å². The molecule has 0 saturated carbocycles. The number of carbonyl (C=O) groups excluding carboxylic acids is 1. The van der Waals surface area contributed by atoms with Crippen LogP contribution in [0.3, 0.4) is 0 Å². The van der Waals surface area contributed by atoms with Crippen molar-refractivity contribution in [3.63, 3.8) is 0 Å². The van der Waals surface area contributed by atoms with Crippen LogP contribution in [0, 0.1) is 0 Å². The summed E-state index contributed by atoms with van der Waals surface area (Å²) < 4.78 is 10.6. The first kappa shape index (κ1) is 14.8. The van der Waals surface area contributed by atoms with Gasteiger partial charge in [0.2, 0.25) is 6.79 Å². The van der Waals surface area contributed by atoms with E-state index in [1.54, 1.807) is 12.1 Å². The number of benzene rings is 1. The van der Waals surface area contributed by atoms with Gasteiger partial charge < -0.3 is 20.1 Å². The zero-order valence-corrected chi connectivity index (χ0v) is 12.4. The highest BCUT2D eigenvalue weighted by Gasteiger charge is 2.14. The second-order valence-corrected chi connectivity index (χ2v) is 4.83. The van der Waals surface area contributed by atoms with Crippen LogP contribution in [0.1, 0.15) is 16.1 Å². The minimum absolute atomic E-state index is 0.229. The number of aromatic nitrogens is 2. The molecule has 0 unspecified atom stereocenters. The average molecular weight is 312 g/mol. The molecule has 3 rings (SSSR count). The lowest BCUT2D eigenvalue weighted by Crippen LogP contribution is -2.24.